The number of hydrogen-bond acceptors (Lipinski definition) is 4. The van der Waals surface area contributed by atoms with Gasteiger partial charge in [0, 0.05) is 24.7 Å². The molecule has 1 aromatic carbocycles. The summed E-state index contributed by atoms with van der Waals surface area (Å²) in [5, 5.41) is 10.6. The summed E-state index contributed by atoms with van der Waals surface area (Å²) < 4.78 is 38.0. The number of nitro benzene ring substituents is 1. The molecule has 1 heterocycles. The van der Waals surface area contributed by atoms with Gasteiger partial charge in [0.1, 0.15) is 0 Å². The van der Waals surface area contributed by atoms with Crippen molar-refractivity contribution in [3.05, 3.63) is 39.7 Å². The van der Waals surface area contributed by atoms with E-state index in [0.29, 0.717) is 13.0 Å². The molecular formula is C10H11FN2O4S. The SMILES string of the molecule is O=[N+]([O-])c1cccc(CN2CCCS2(=O)=O)c1F. The van der Waals surface area contributed by atoms with Gasteiger partial charge in [0.25, 0.3) is 0 Å². The highest BCUT2D eigenvalue weighted by molar-refractivity contribution is 7.89. The fraction of sp³-hybridized carbons (Fsp3) is 0.400. The third-order valence-electron chi connectivity index (χ3n) is 2.80. The van der Waals surface area contributed by atoms with E-state index in [9.17, 15) is 22.9 Å². The molecule has 0 atom stereocenters. The molecule has 0 unspecified atom stereocenters. The van der Waals surface area contributed by atoms with Crippen molar-refractivity contribution >= 4 is 15.7 Å². The predicted octanol–water partition coefficient (Wildman–Crippen LogP) is 1.27. The molecule has 1 saturated heterocycles. The Labute approximate surface area is 103 Å². The Morgan fingerprint density at radius 1 is 1.44 bits per heavy atom. The second-order valence-electron chi connectivity index (χ2n) is 4.01. The zero-order valence-corrected chi connectivity index (χ0v) is 10.2. The second kappa shape index (κ2) is 4.62. The maximum atomic E-state index is 13.8. The molecule has 0 radical (unpaired) electrons. The lowest BCUT2D eigenvalue weighted by molar-refractivity contribution is -0.387. The van der Waals surface area contributed by atoms with Crippen LogP contribution >= 0.6 is 0 Å². The summed E-state index contributed by atoms with van der Waals surface area (Å²) in [5.41, 5.74) is -0.612. The van der Waals surface area contributed by atoms with Gasteiger partial charge in [-0.05, 0) is 6.42 Å². The number of benzene rings is 1. The Hall–Kier alpha value is -1.54. The van der Waals surface area contributed by atoms with Gasteiger partial charge < -0.3 is 0 Å². The summed E-state index contributed by atoms with van der Waals surface area (Å²) in [6.07, 6.45) is 0.499. The van der Waals surface area contributed by atoms with E-state index in [2.05, 4.69) is 0 Å². The average molecular weight is 274 g/mol. The summed E-state index contributed by atoms with van der Waals surface area (Å²) in [7, 11) is -3.34. The second-order valence-corrected chi connectivity index (χ2v) is 6.10. The van der Waals surface area contributed by atoms with Crippen LogP contribution in [0.25, 0.3) is 0 Å². The third kappa shape index (κ3) is 2.34. The van der Waals surface area contributed by atoms with Crippen LogP contribution in [0.2, 0.25) is 0 Å². The van der Waals surface area contributed by atoms with Crippen LogP contribution in [-0.2, 0) is 16.6 Å². The molecule has 98 valence electrons. The summed E-state index contributed by atoms with van der Waals surface area (Å²) >= 11 is 0. The molecule has 8 heteroatoms. The molecular weight excluding hydrogens is 263 g/mol. The Morgan fingerprint density at radius 3 is 2.72 bits per heavy atom. The van der Waals surface area contributed by atoms with Crippen molar-refractivity contribution in [2.75, 3.05) is 12.3 Å². The maximum Gasteiger partial charge on any atom is 0.305 e. The van der Waals surface area contributed by atoms with Crippen LogP contribution in [0.1, 0.15) is 12.0 Å². The third-order valence-corrected chi connectivity index (χ3v) is 4.71. The molecule has 1 aromatic rings. The zero-order chi connectivity index (χ0) is 13.3. The van der Waals surface area contributed by atoms with Gasteiger partial charge in [-0.25, -0.2) is 8.42 Å². The van der Waals surface area contributed by atoms with Crippen LogP contribution in [0.4, 0.5) is 10.1 Å². The first-order valence-corrected chi connectivity index (χ1v) is 6.92. The lowest BCUT2D eigenvalue weighted by atomic mass is 10.2. The number of nitrogens with zero attached hydrogens (tertiary/aromatic N) is 2. The van der Waals surface area contributed by atoms with Crippen molar-refractivity contribution in [3.8, 4) is 0 Å². The van der Waals surface area contributed by atoms with Gasteiger partial charge >= 0.3 is 5.69 Å². The smallest absolute Gasteiger partial charge is 0.258 e. The molecule has 6 nitrogen and oxygen atoms in total. The first kappa shape index (κ1) is 12.9. The highest BCUT2D eigenvalue weighted by Crippen LogP contribution is 2.24. The molecule has 0 saturated carbocycles. The van der Waals surface area contributed by atoms with E-state index in [1.807, 2.05) is 0 Å². The predicted molar refractivity (Wildman–Crippen MR) is 61.9 cm³/mol. The molecule has 0 aliphatic carbocycles. The van der Waals surface area contributed by atoms with Crippen molar-refractivity contribution in [1.29, 1.82) is 0 Å². The minimum Gasteiger partial charge on any atom is -0.258 e. The number of sulfonamides is 1. The molecule has 2 rings (SSSR count). The van der Waals surface area contributed by atoms with Crippen molar-refractivity contribution < 1.29 is 17.7 Å². The highest BCUT2D eigenvalue weighted by atomic mass is 32.2. The van der Waals surface area contributed by atoms with Crippen molar-refractivity contribution in [3.63, 3.8) is 0 Å². The first-order chi connectivity index (χ1) is 8.42. The van der Waals surface area contributed by atoms with E-state index < -0.39 is 26.5 Å². The van der Waals surface area contributed by atoms with Gasteiger partial charge in [0.2, 0.25) is 15.8 Å². The summed E-state index contributed by atoms with van der Waals surface area (Å²) in [6, 6.07) is 3.76. The quantitative estimate of drug-likeness (QED) is 0.614. The van der Waals surface area contributed by atoms with E-state index in [1.54, 1.807) is 0 Å². The fourth-order valence-electron chi connectivity index (χ4n) is 1.89. The van der Waals surface area contributed by atoms with Gasteiger partial charge in [-0.3, -0.25) is 10.1 Å². The monoisotopic (exact) mass is 274 g/mol. The van der Waals surface area contributed by atoms with E-state index >= 15 is 0 Å². The molecule has 0 spiro atoms. The summed E-state index contributed by atoms with van der Waals surface area (Å²) in [5.74, 6) is -0.923. The standard InChI is InChI=1S/C10H11FN2O4S/c11-10-8(3-1-4-9(10)13(14)15)7-12-5-2-6-18(12,16)17/h1,3-4H,2,5-7H2. The van der Waals surface area contributed by atoms with Gasteiger partial charge in [-0.2, -0.15) is 8.70 Å². The lowest BCUT2D eigenvalue weighted by Crippen LogP contribution is -2.25. The number of halogens is 1. The van der Waals surface area contributed by atoms with Crippen molar-refractivity contribution in [1.82, 2.24) is 4.31 Å². The normalized spacial score (nSPS) is 18.9. The largest absolute Gasteiger partial charge is 0.305 e. The molecule has 0 N–H and O–H groups in total. The molecule has 18 heavy (non-hydrogen) atoms. The molecule has 1 fully saturated rings. The Bertz CT molecular complexity index is 588. The summed E-state index contributed by atoms with van der Waals surface area (Å²) in [4.78, 5) is 9.75. The van der Waals surface area contributed by atoms with Crippen LogP contribution in [0.15, 0.2) is 18.2 Å². The van der Waals surface area contributed by atoms with Gasteiger partial charge in [-0.15, -0.1) is 0 Å². The fourth-order valence-corrected chi connectivity index (χ4v) is 3.38. The Balaban J connectivity index is 2.30. The minimum absolute atomic E-state index is 0.0228. The maximum absolute atomic E-state index is 13.8. The van der Waals surface area contributed by atoms with Gasteiger partial charge in [-0.1, -0.05) is 12.1 Å². The minimum atomic E-state index is -3.34. The Morgan fingerprint density at radius 2 is 2.17 bits per heavy atom. The number of hydrogen-bond donors (Lipinski definition) is 0. The van der Waals surface area contributed by atoms with E-state index in [1.165, 1.54) is 12.1 Å². The molecule has 1 aliphatic rings. The van der Waals surface area contributed by atoms with Crippen LogP contribution in [0.3, 0.4) is 0 Å². The van der Waals surface area contributed by atoms with Gasteiger partial charge in [0.05, 0.1) is 10.7 Å². The molecule has 0 bridgehead atoms. The highest BCUT2D eigenvalue weighted by Gasteiger charge is 2.29. The average Bonchev–Trinajstić information content (AvgIpc) is 2.61. The molecule has 0 amide bonds. The van der Waals surface area contributed by atoms with E-state index in [0.717, 1.165) is 10.4 Å². The first-order valence-electron chi connectivity index (χ1n) is 5.31. The van der Waals surface area contributed by atoms with Crippen LogP contribution in [-0.4, -0.2) is 29.9 Å². The zero-order valence-electron chi connectivity index (χ0n) is 9.37. The molecule has 0 aromatic heterocycles. The van der Waals surface area contributed by atoms with Crippen LogP contribution < -0.4 is 0 Å². The van der Waals surface area contributed by atoms with E-state index in [-0.39, 0.29) is 17.9 Å². The molecule has 1 aliphatic heterocycles. The number of rotatable bonds is 3. The van der Waals surface area contributed by atoms with E-state index in [4.69, 9.17) is 0 Å². The van der Waals surface area contributed by atoms with Gasteiger partial charge in [0.15, 0.2) is 0 Å². The van der Waals surface area contributed by atoms with Crippen LogP contribution in [0, 0.1) is 15.9 Å². The summed E-state index contributed by atoms with van der Waals surface area (Å²) in [6.45, 7) is 0.167. The van der Waals surface area contributed by atoms with Crippen molar-refractivity contribution in [2.24, 2.45) is 0 Å². The van der Waals surface area contributed by atoms with Crippen LogP contribution in [0.5, 0.6) is 0 Å². The Kier molecular flexibility index (Phi) is 3.31. The van der Waals surface area contributed by atoms with Crippen molar-refractivity contribution in [2.45, 2.75) is 13.0 Å². The number of nitro groups is 1. The topological polar surface area (TPSA) is 80.5 Å². The lowest BCUT2D eigenvalue weighted by Gasteiger charge is -2.14.